The Hall–Kier alpha value is -3.90. The summed E-state index contributed by atoms with van der Waals surface area (Å²) < 4.78 is 10.5. The molecular weight excluding hydrogens is 426 g/mol. The standard InChI is InChI=1S/C21H18ClN3O6/c1-3-8-24-20(26)15(12-23)9-13-4-7-18(19(10-13)30-2)31-21(27)14-5-6-16(22)17(11-14)25(28)29/h4-7,9-11H,3,8H2,1-2H3,(H,24,26)/b15-9+. The Balaban J connectivity index is 2.28. The number of nitro groups is 1. The van der Waals surface area contributed by atoms with Gasteiger partial charge in [-0.2, -0.15) is 5.26 Å². The van der Waals surface area contributed by atoms with Crippen molar-refractivity contribution in [2.45, 2.75) is 13.3 Å². The van der Waals surface area contributed by atoms with Crippen LogP contribution in [0.4, 0.5) is 5.69 Å². The first-order valence-corrected chi connectivity index (χ1v) is 9.42. The van der Waals surface area contributed by atoms with Crippen molar-refractivity contribution < 1.29 is 24.0 Å². The minimum absolute atomic E-state index is 0.0520. The fraction of sp³-hybridized carbons (Fsp3) is 0.190. The highest BCUT2D eigenvalue weighted by Crippen LogP contribution is 2.31. The van der Waals surface area contributed by atoms with Gasteiger partial charge in [-0.3, -0.25) is 14.9 Å². The molecule has 160 valence electrons. The average Bonchev–Trinajstić information content (AvgIpc) is 2.76. The molecule has 10 heteroatoms. The summed E-state index contributed by atoms with van der Waals surface area (Å²) in [6.07, 6.45) is 2.11. The lowest BCUT2D eigenvalue weighted by Gasteiger charge is -2.10. The van der Waals surface area contributed by atoms with Crippen molar-refractivity contribution in [3.63, 3.8) is 0 Å². The van der Waals surface area contributed by atoms with Gasteiger partial charge in [0.25, 0.3) is 11.6 Å². The molecule has 0 bridgehead atoms. The van der Waals surface area contributed by atoms with E-state index >= 15 is 0 Å². The van der Waals surface area contributed by atoms with Crippen molar-refractivity contribution in [1.29, 1.82) is 5.26 Å². The maximum atomic E-state index is 12.4. The second-order valence-electron chi connectivity index (χ2n) is 6.15. The van der Waals surface area contributed by atoms with Gasteiger partial charge in [0.15, 0.2) is 11.5 Å². The van der Waals surface area contributed by atoms with Gasteiger partial charge < -0.3 is 14.8 Å². The zero-order valence-corrected chi connectivity index (χ0v) is 17.4. The average molecular weight is 444 g/mol. The molecule has 0 aliphatic carbocycles. The summed E-state index contributed by atoms with van der Waals surface area (Å²) in [7, 11) is 1.35. The maximum Gasteiger partial charge on any atom is 0.343 e. The molecule has 0 atom stereocenters. The molecule has 0 spiro atoms. The van der Waals surface area contributed by atoms with Crippen molar-refractivity contribution in [2.75, 3.05) is 13.7 Å². The van der Waals surface area contributed by atoms with Crippen LogP contribution in [0.2, 0.25) is 5.02 Å². The van der Waals surface area contributed by atoms with E-state index in [4.69, 9.17) is 21.1 Å². The molecule has 0 unspecified atom stereocenters. The smallest absolute Gasteiger partial charge is 0.343 e. The van der Waals surface area contributed by atoms with E-state index < -0.39 is 22.5 Å². The summed E-state index contributed by atoms with van der Waals surface area (Å²) in [6, 6.07) is 9.82. The molecule has 1 amide bonds. The van der Waals surface area contributed by atoms with Gasteiger partial charge in [0.2, 0.25) is 0 Å². The third-order valence-electron chi connectivity index (χ3n) is 3.98. The summed E-state index contributed by atoms with van der Waals surface area (Å²) in [5, 5.41) is 22.7. The monoisotopic (exact) mass is 443 g/mol. The molecule has 0 saturated heterocycles. The molecule has 2 rings (SSSR count). The highest BCUT2D eigenvalue weighted by atomic mass is 35.5. The molecule has 0 fully saturated rings. The second-order valence-corrected chi connectivity index (χ2v) is 6.56. The minimum atomic E-state index is -0.849. The van der Waals surface area contributed by atoms with Crippen molar-refractivity contribution >= 4 is 35.2 Å². The number of halogens is 1. The zero-order valence-electron chi connectivity index (χ0n) is 16.7. The number of hydrogen-bond donors (Lipinski definition) is 1. The maximum absolute atomic E-state index is 12.4. The van der Waals surface area contributed by atoms with Crippen molar-refractivity contribution in [3.05, 3.63) is 68.2 Å². The first kappa shape index (κ1) is 23.4. The normalized spacial score (nSPS) is 10.7. The number of nitriles is 1. The number of hydrogen-bond acceptors (Lipinski definition) is 7. The molecule has 2 aromatic rings. The lowest BCUT2D eigenvalue weighted by Crippen LogP contribution is -2.25. The predicted octanol–water partition coefficient (Wildman–Crippen LogP) is 3.91. The van der Waals surface area contributed by atoms with E-state index in [1.54, 1.807) is 0 Å². The first-order chi connectivity index (χ1) is 14.8. The van der Waals surface area contributed by atoms with Crippen LogP contribution in [0.5, 0.6) is 11.5 Å². The molecule has 31 heavy (non-hydrogen) atoms. The fourth-order valence-electron chi connectivity index (χ4n) is 2.45. The Labute approximate surface area is 183 Å². The largest absolute Gasteiger partial charge is 0.493 e. The molecule has 9 nitrogen and oxygen atoms in total. The number of esters is 1. The van der Waals surface area contributed by atoms with E-state index in [-0.39, 0.29) is 27.7 Å². The van der Waals surface area contributed by atoms with Crippen molar-refractivity contribution in [2.24, 2.45) is 0 Å². The van der Waals surface area contributed by atoms with Crippen LogP contribution in [-0.4, -0.2) is 30.5 Å². The Morgan fingerprint density at radius 1 is 1.26 bits per heavy atom. The Kier molecular flexibility index (Phi) is 8.11. The molecule has 0 aliphatic heterocycles. The van der Waals surface area contributed by atoms with Gasteiger partial charge in [0, 0.05) is 12.6 Å². The van der Waals surface area contributed by atoms with Crippen molar-refractivity contribution in [3.8, 4) is 17.6 Å². The Morgan fingerprint density at radius 2 is 2.00 bits per heavy atom. The van der Waals surface area contributed by atoms with Crippen LogP contribution < -0.4 is 14.8 Å². The molecule has 1 N–H and O–H groups in total. The summed E-state index contributed by atoms with van der Waals surface area (Å²) in [4.78, 5) is 34.7. The van der Waals surface area contributed by atoms with Gasteiger partial charge in [-0.15, -0.1) is 0 Å². The van der Waals surface area contributed by atoms with Gasteiger partial charge in [-0.1, -0.05) is 24.6 Å². The lowest BCUT2D eigenvalue weighted by atomic mass is 10.1. The van der Waals surface area contributed by atoms with E-state index in [0.717, 1.165) is 12.5 Å². The molecule has 0 aliphatic rings. The van der Waals surface area contributed by atoms with Crippen LogP contribution in [0.1, 0.15) is 29.3 Å². The number of ether oxygens (including phenoxy) is 2. The van der Waals surface area contributed by atoms with E-state index in [9.17, 15) is 25.0 Å². The number of methoxy groups -OCH3 is 1. The van der Waals surface area contributed by atoms with Crippen molar-refractivity contribution in [1.82, 2.24) is 5.32 Å². The SMILES string of the molecule is CCCNC(=O)/C(C#N)=C/c1ccc(OC(=O)c2ccc(Cl)c([N+](=O)[O-])c2)c(OC)c1. The molecule has 2 aromatic carbocycles. The van der Waals surface area contributed by atoms with E-state index in [0.29, 0.717) is 12.1 Å². The first-order valence-electron chi connectivity index (χ1n) is 9.04. The Bertz CT molecular complexity index is 1090. The Morgan fingerprint density at radius 3 is 2.61 bits per heavy atom. The highest BCUT2D eigenvalue weighted by molar-refractivity contribution is 6.32. The van der Waals surface area contributed by atoms with Crippen LogP contribution in [0.25, 0.3) is 6.08 Å². The summed E-state index contributed by atoms with van der Waals surface area (Å²) in [5.74, 6) is -1.13. The number of nitrogens with one attached hydrogen (secondary N) is 1. The van der Waals surface area contributed by atoms with Gasteiger partial charge in [-0.25, -0.2) is 4.79 Å². The van der Waals surface area contributed by atoms with Gasteiger partial charge in [0.1, 0.15) is 16.7 Å². The van der Waals surface area contributed by atoms with E-state index in [1.165, 1.54) is 43.5 Å². The fourth-order valence-corrected chi connectivity index (χ4v) is 2.63. The summed E-state index contributed by atoms with van der Waals surface area (Å²) in [5.41, 5.74) is -0.105. The molecule has 0 heterocycles. The number of rotatable bonds is 8. The van der Waals surface area contributed by atoms with Crippen LogP contribution in [0, 0.1) is 21.4 Å². The summed E-state index contributed by atoms with van der Waals surface area (Å²) >= 11 is 5.75. The van der Waals surface area contributed by atoms with Crippen LogP contribution in [-0.2, 0) is 4.79 Å². The lowest BCUT2D eigenvalue weighted by molar-refractivity contribution is -0.384. The number of nitro benzene ring substituents is 1. The third kappa shape index (κ3) is 6.04. The second kappa shape index (κ2) is 10.8. The van der Waals surface area contributed by atoms with Gasteiger partial charge in [-0.05, 0) is 42.3 Å². The summed E-state index contributed by atoms with van der Waals surface area (Å²) in [6.45, 7) is 2.34. The van der Waals surface area contributed by atoms with Gasteiger partial charge >= 0.3 is 5.97 Å². The number of benzene rings is 2. The molecule has 0 saturated carbocycles. The topological polar surface area (TPSA) is 132 Å². The quantitative estimate of drug-likeness (QED) is 0.163. The third-order valence-corrected chi connectivity index (χ3v) is 4.30. The van der Waals surface area contributed by atoms with Crippen LogP contribution in [0.3, 0.4) is 0 Å². The number of carbonyl (C=O) groups is 2. The van der Waals surface area contributed by atoms with Crippen LogP contribution >= 0.6 is 11.6 Å². The van der Waals surface area contributed by atoms with E-state index in [2.05, 4.69) is 5.32 Å². The minimum Gasteiger partial charge on any atom is -0.493 e. The zero-order chi connectivity index (χ0) is 23.0. The molecule has 0 aromatic heterocycles. The van der Waals surface area contributed by atoms with Crippen LogP contribution in [0.15, 0.2) is 42.0 Å². The number of nitrogens with zero attached hydrogens (tertiary/aromatic N) is 2. The highest BCUT2D eigenvalue weighted by Gasteiger charge is 2.19. The number of carbonyl (C=O) groups excluding carboxylic acids is 2. The van der Waals surface area contributed by atoms with Gasteiger partial charge in [0.05, 0.1) is 17.6 Å². The number of amides is 1. The predicted molar refractivity (Wildman–Crippen MR) is 113 cm³/mol. The van der Waals surface area contributed by atoms with E-state index in [1.807, 2.05) is 13.0 Å². The molecular formula is C21H18ClN3O6. The molecule has 0 radical (unpaired) electrons.